The summed E-state index contributed by atoms with van der Waals surface area (Å²) >= 11 is 0. The Morgan fingerprint density at radius 3 is 2.10 bits per heavy atom. The van der Waals surface area contributed by atoms with Gasteiger partial charge in [0.25, 0.3) is 0 Å². The van der Waals surface area contributed by atoms with E-state index < -0.39 is 11.6 Å². The van der Waals surface area contributed by atoms with Gasteiger partial charge >= 0.3 is 11.9 Å². The Kier molecular flexibility index (Phi) is 5.70. The zero-order valence-corrected chi connectivity index (χ0v) is 16.9. The fraction of sp³-hybridized carbons (Fsp3) is 0.440. The maximum atomic E-state index is 13.0. The van der Waals surface area contributed by atoms with Crippen LogP contribution >= 0.6 is 0 Å². The average molecular weight is 392 g/mol. The van der Waals surface area contributed by atoms with Gasteiger partial charge in [0.2, 0.25) is 5.60 Å². The van der Waals surface area contributed by atoms with E-state index >= 15 is 0 Å². The highest BCUT2D eigenvalue weighted by atomic mass is 16.6. The first-order valence-corrected chi connectivity index (χ1v) is 10.5. The van der Waals surface area contributed by atoms with Crippen molar-refractivity contribution in [1.82, 2.24) is 0 Å². The number of methoxy groups -OCH3 is 1. The first-order chi connectivity index (χ1) is 14.1. The molecule has 2 saturated carbocycles. The van der Waals surface area contributed by atoms with Crippen LogP contribution < -0.4 is 0 Å². The molecule has 4 nitrogen and oxygen atoms in total. The highest BCUT2D eigenvalue weighted by Gasteiger charge is 2.51. The lowest BCUT2D eigenvalue weighted by molar-refractivity contribution is -0.183. The first kappa shape index (κ1) is 19.7. The monoisotopic (exact) mass is 392 g/mol. The molecule has 0 saturated heterocycles. The topological polar surface area (TPSA) is 52.6 Å². The zero-order valence-electron chi connectivity index (χ0n) is 16.9. The number of ether oxygens (including phenoxy) is 2. The smallest absolute Gasteiger partial charge is 0.350 e. The van der Waals surface area contributed by atoms with Gasteiger partial charge in [-0.3, -0.25) is 4.79 Å². The molecule has 2 fully saturated rings. The van der Waals surface area contributed by atoms with Crippen molar-refractivity contribution < 1.29 is 19.1 Å². The van der Waals surface area contributed by atoms with Gasteiger partial charge in [0.1, 0.15) is 0 Å². The molecule has 2 aromatic rings. The van der Waals surface area contributed by atoms with E-state index in [1.54, 1.807) is 0 Å². The summed E-state index contributed by atoms with van der Waals surface area (Å²) in [5, 5.41) is 0. The molecule has 0 heterocycles. The van der Waals surface area contributed by atoms with Gasteiger partial charge in [-0.2, -0.15) is 0 Å². The van der Waals surface area contributed by atoms with E-state index in [-0.39, 0.29) is 17.8 Å². The Balaban J connectivity index is 1.45. The Morgan fingerprint density at radius 2 is 1.48 bits per heavy atom. The lowest BCUT2D eigenvalue weighted by Gasteiger charge is -2.28. The van der Waals surface area contributed by atoms with Crippen LogP contribution in [0.5, 0.6) is 0 Å². The normalized spacial score (nSPS) is 28.8. The van der Waals surface area contributed by atoms with Crippen LogP contribution in [-0.4, -0.2) is 24.6 Å². The summed E-state index contributed by atoms with van der Waals surface area (Å²) in [6.45, 7) is 0. The molecule has 2 aliphatic carbocycles. The molecule has 0 aromatic heterocycles. The summed E-state index contributed by atoms with van der Waals surface area (Å²) in [7, 11) is 1.37. The molecular formula is C25H28O4. The van der Waals surface area contributed by atoms with E-state index in [0.29, 0.717) is 18.8 Å². The molecule has 2 aromatic carbocycles. The maximum absolute atomic E-state index is 13.0. The fourth-order valence-electron chi connectivity index (χ4n) is 5.02. The van der Waals surface area contributed by atoms with E-state index in [0.717, 1.165) is 25.7 Å². The highest BCUT2D eigenvalue weighted by Crippen LogP contribution is 2.46. The summed E-state index contributed by atoms with van der Waals surface area (Å²) < 4.78 is 11.0. The van der Waals surface area contributed by atoms with Crippen molar-refractivity contribution in [2.24, 2.45) is 5.92 Å². The molecule has 4 unspecified atom stereocenters. The van der Waals surface area contributed by atoms with Crippen molar-refractivity contribution in [3.63, 3.8) is 0 Å². The summed E-state index contributed by atoms with van der Waals surface area (Å²) in [5.41, 5.74) is 1.30. The highest BCUT2D eigenvalue weighted by molar-refractivity contribution is 5.84. The number of rotatable bonds is 5. The van der Waals surface area contributed by atoms with Crippen molar-refractivity contribution >= 4 is 11.9 Å². The van der Waals surface area contributed by atoms with Crippen LogP contribution in [0.25, 0.3) is 0 Å². The molecule has 0 N–H and O–H groups in total. The molecule has 0 radical (unpaired) electrons. The molecule has 0 bridgehead atoms. The van der Waals surface area contributed by atoms with Gasteiger partial charge in [-0.15, -0.1) is 0 Å². The maximum Gasteiger partial charge on any atom is 0.350 e. The molecular weight excluding hydrogens is 364 g/mol. The molecule has 152 valence electrons. The van der Waals surface area contributed by atoms with E-state index in [4.69, 9.17) is 9.47 Å². The minimum Gasteiger partial charge on any atom is -0.466 e. The van der Waals surface area contributed by atoms with Gasteiger partial charge in [0.15, 0.2) is 0 Å². The van der Waals surface area contributed by atoms with Gasteiger partial charge in [0.05, 0.1) is 13.0 Å². The van der Waals surface area contributed by atoms with Crippen LogP contribution in [-0.2, 0) is 19.1 Å². The van der Waals surface area contributed by atoms with Gasteiger partial charge < -0.3 is 9.47 Å². The molecule has 4 heteroatoms. The molecule has 0 spiro atoms. The van der Waals surface area contributed by atoms with Crippen LogP contribution in [0.2, 0.25) is 0 Å². The Labute approximate surface area is 172 Å². The van der Waals surface area contributed by atoms with Crippen molar-refractivity contribution in [2.45, 2.75) is 56.0 Å². The third-order valence-corrected chi connectivity index (χ3v) is 6.63. The van der Waals surface area contributed by atoms with Crippen molar-refractivity contribution in [1.29, 1.82) is 0 Å². The van der Waals surface area contributed by atoms with E-state index in [2.05, 4.69) is 24.3 Å². The molecule has 0 aliphatic heterocycles. The lowest BCUT2D eigenvalue weighted by atomic mass is 9.94. The number of carbonyl (C=O) groups is 2. The van der Waals surface area contributed by atoms with Crippen LogP contribution in [0.3, 0.4) is 0 Å². The Bertz CT molecular complexity index is 848. The Hall–Kier alpha value is -2.62. The third-order valence-electron chi connectivity index (χ3n) is 6.63. The van der Waals surface area contributed by atoms with Crippen molar-refractivity contribution in [2.75, 3.05) is 7.11 Å². The van der Waals surface area contributed by atoms with Gasteiger partial charge in [-0.1, -0.05) is 60.7 Å². The van der Waals surface area contributed by atoms with Gasteiger partial charge in [-0.05, 0) is 55.1 Å². The second-order valence-corrected chi connectivity index (χ2v) is 8.37. The fourth-order valence-corrected chi connectivity index (χ4v) is 5.02. The average Bonchev–Trinajstić information content (AvgIpc) is 3.43. The van der Waals surface area contributed by atoms with E-state index in [1.165, 1.54) is 18.2 Å². The lowest BCUT2D eigenvalue weighted by Crippen LogP contribution is -2.43. The standard InChI is InChI=1S/C25H28O4/c1-28-24(27)25(15-14-22(17-25)19-10-6-3-7-11-19)29-23(26)21-13-12-20(16-21)18-8-4-2-5-9-18/h2-11,20-22H,12-17H2,1H3. The second kappa shape index (κ2) is 8.40. The van der Waals surface area contributed by atoms with Crippen LogP contribution in [0.15, 0.2) is 60.7 Å². The molecule has 0 amide bonds. The predicted molar refractivity (Wildman–Crippen MR) is 110 cm³/mol. The van der Waals surface area contributed by atoms with Crippen molar-refractivity contribution in [3.8, 4) is 0 Å². The Morgan fingerprint density at radius 1 is 0.862 bits per heavy atom. The zero-order chi connectivity index (χ0) is 20.3. The number of benzene rings is 2. The van der Waals surface area contributed by atoms with E-state index in [1.807, 2.05) is 36.4 Å². The predicted octanol–water partition coefficient (Wildman–Crippen LogP) is 4.99. The molecule has 4 rings (SSSR count). The quantitative estimate of drug-likeness (QED) is 0.673. The summed E-state index contributed by atoms with van der Waals surface area (Å²) in [6.07, 6.45) is 4.37. The summed E-state index contributed by atoms with van der Waals surface area (Å²) in [6, 6.07) is 20.4. The second-order valence-electron chi connectivity index (χ2n) is 8.37. The number of carbonyl (C=O) groups excluding carboxylic acids is 2. The van der Waals surface area contributed by atoms with Gasteiger partial charge in [0, 0.05) is 6.42 Å². The molecule has 4 atom stereocenters. The SMILES string of the molecule is COC(=O)C1(OC(=O)C2CCC(c3ccccc3)C2)CCC(c2ccccc2)C1. The van der Waals surface area contributed by atoms with Crippen LogP contribution in [0.4, 0.5) is 0 Å². The summed E-state index contributed by atoms with van der Waals surface area (Å²) in [4.78, 5) is 25.7. The van der Waals surface area contributed by atoms with Crippen molar-refractivity contribution in [3.05, 3.63) is 71.8 Å². The largest absolute Gasteiger partial charge is 0.466 e. The van der Waals surface area contributed by atoms with Crippen LogP contribution in [0, 0.1) is 5.92 Å². The first-order valence-electron chi connectivity index (χ1n) is 10.5. The van der Waals surface area contributed by atoms with Gasteiger partial charge in [-0.25, -0.2) is 4.79 Å². The number of esters is 2. The molecule has 29 heavy (non-hydrogen) atoms. The number of hydrogen-bond acceptors (Lipinski definition) is 4. The van der Waals surface area contributed by atoms with E-state index in [9.17, 15) is 9.59 Å². The minimum atomic E-state index is -1.16. The minimum absolute atomic E-state index is 0.155. The third kappa shape index (κ3) is 4.07. The van der Waals surface area contributed by atoms with Crippen LogP contribution in [0.1, 0.15) is 61.5 Å². The number of hydrogen-bond donors (Lipinski definition) is 0. The molecule has 2 aliphatic rings. The summed E-state index contributed by atoms with van der Waals surface area (Å²) in [5.74, 6) is -0.255.